The molecule has 17 heavy (non-hydrogen) atoms. The Labute approximate surface area is 103 Å². The van der Waals surface area contributed by atoms with Gasteiger partial charge in [0.2, 0.25) is 0 Å². The minimum atomic E-state index is -0.200. The Hall–Kier alpha value is -1.88. The van der Waals surface area contributed by atoms with E-state index in [1.54, 1.807) is 5.38 Å². The number of thiazole rings is 1. The van der Waals surface area contributed by atoms with E-state index in [1.165, 1.54) is 11.3 Å². The standard InChI is InChI=1S/C12H13N3OS/c1-8(9-5-3-2-4-6-9)14-11(16)10-7-17-12(13)15-10/h2-8H,1H3,(H2,13,15)(H,14,16)/t8-/m1/s1. The van der Waals surface area contributed by atoms with Crippen LogP contribution in [-0.2, 0) is 0 Å². The normalized spacial score (nSPS) is 12.1. The first kappa shape index (κ1) is 11.6. The van der Waals surface area contributed by atoms with Gasteiger partial charge in [-0.25, -0.2) is 4.98 Å². The summed E-state index contributed by atoms with van der Waals surface area (Å²) in [6, 6.07) is 9.73. The predicted molar refractivity (Wildman–Crippen MR) is 68.8 cm³/mol. The van der Waals surface area contributed by atoms with Gasteiger partial charge in [0.15, 0.2) is 5.13 Å². The van der Waals surface area contributed by atoms with E-state index >= 15 is 0 Å². The first-order valence-electron chi connectivity index (χ1n) is 5.23. The lowest BCUT2D eigenvalue weighted by atomic mass is 10.1. The van der Waals surface area contributed by atoms with E-state index in [2.05, 4.69) is 10.3 Å². The van der Waals surface area contributed by atoms with Crippen molar-refractivity contribution >= 4 is 22.4 Å². The Morgan fingerprint density at radius 1 is 1.41 bits per heavy atom. The molecule has 3 N–H and O–H groups in total. The number of rotatable bonds is 3. The number of benzene rings is 1. The highest BCUT2D eigenvalue weighted by molar-refractivity contribution is 7.13. The predicted octanol–water partition coefficient (Wildman–Crippen LogP) is 2.22. The number of hydrogen-bond acceptors (Lipinski definition) is 4. The highest BCUT2D eigenvalue weighted by Crippen LogP contribution is 2.14. The Bertz CT molecular complexity index is 509. The lowest BCUT2D eigenvalue weighted by Gasteiger charge is -2.13. The molecule has 88 valence electrons. The fourth-order valence-electron chi connectivity index (χ4n) is 1.49. The van der Waals surface area contributed by atoms with E-state index in [4.69, 9.17) is 5.73 Å². The van der Waals surface area contributed by atoms with E-state index in [0.717, 1.165) is 5.56 Å². The van der Waals surface area contributed by atoms with Crippen LogP contribution in [0.15, 0.2) is 35.7 Å². The van der Waals surface area contributed by atoms with Crippen molar-refractivity contribution in [3.63, 3.8) is 0 Å². The molecule has 5 heteroatoms. The maximum absolute atomic E-state index is 11.8. The number of nitrogens with one attached hydrogen (secondary N) is 1. The van der Waals surface area contributed by atoms with Crippen LogP contribution >= 0.6 is 11.3 Å². The van der Waals surface area contributed by atoms with Crippen LogP contribution in [0, 0.1) is 0 Å². The first-order chi connectivity index (χ1) is 8.16. The zero-order chi connectivity index (χ0) is 12.3. The SMILES string of the molecule is C[C@@H](NC(=O)c1csc(N)n1)c1ccccc1. The molecule has 1 amide bonds. The van der Waals surface area contributed by atoms with E-state index in [9.17, 15) is 4.79 Å². The number of nitrogen functional groups attached to an aromatic ring is 1. The van der Waals surface area contributed by atoms with Crippen molar-refractivity contribution in [1.29, 1.82) is 0 Å². The molecule has 0 saturated carbocycles. The van der Waals surface area contributed by atoms with Gasteiger partial charge in [0, 0.05) is 5.38 Å². The molecule has 0 unspecified atom stereocenters. The quantitative estimate of drug-likeness (QED) is 0.873. The summed E-state index contributed by atoms with van der Waals surface area (Å²) >= 11 is 1.26. The summed E-state index contributed by atoms with van der Waals surface area (Å²) < 4.78 is 0. The zero-order valence-corrected chi connectivity index (χ0v) is 10.2. The topological polar surface area (TPSA) is 68.0 Å². The summed E-state index contributed by atoms with van der Waals surface area (Å²) in [5.74, 6) is -0.200. The molecule has 0 spiro atoms. The molecule has 1 atom stereocenters. The van der Waals surface area contributed by atoms with Crippen molar-refractivity contribution in [3.05, 3.63) is 47.0 Å². The molecule has 0 saturated heterocycles. The third kappa shape index (κ3) is 2.82. The lowest BCUT2D eigenvalue weighted by Crippen LogP contribution is -2.26. The number of nitrogens with zero attached hydrogens (tertiary/aromatic N) is 1. The van der Waals surface area contributed by atoms with Gasteiger partial charge in [0.05, 0.1) is 6.04 Å². The smallest absolute Gasteiger partial charge is 0.271 e. The van der Waals surface area contributed by atoms with E-state index in [1.807, 2.05) is 37.3 Å². The second-order valence-corrected chi connectivity index (χ2v) is 4.57. The van der Waals surface area contributed by atoms with Crippen molar-refractivity contribution in [2.24, 2.45) is 0 Å². The summed E-state index contributed by atoms with van der Waals surface area (Å²) in [7, 11) is 0. The molecule has 0 aliphatic heterocycles. The van der Waals surface area contributed by atoms with E-state index in [-0.39, 0.29) is 11.9 Å². The monoisotopic (exact) mass is 247 g/mol. The molecule has 2 rings (SSSR count). The minimum absolute atomic E-state index is 0.0494. The summed E-state index contributed by atoms with van der Waals surface area (Å²) in [6.45, 7) is 1.93. The molecule has 1 heterocycles. The van der Waals surface area contributed by atoms with E-state index in [0.29, 0.717) is 10.8 Å². The third-order valence-electron chi connectivity index (χ3n) is 2.40. The molecule has 0 aliphatic carbocycles. The summed E-state index contributed by atoms with van der Waals surface area (Å²) in [5, 5.41) is 4.94. The molecule has 0 radical (unpaired) electrons. The van der Waals surface area contributed by atoms with Gasteiger partial charge >= 0.3 is 0 Å². The minimum Gasteiger partial charge on any atom is -0.375 e. The van der Waals surface area contributed by atoms with Crippen LogP contribution in [0.5, 0.6) is 0 Å². The van der Waals surface area contributed by atoms with Crippen molar-refractivity contribution in [2.75, 3.05) is 5.73 Å². The van der Waals surface area contributed by atoms with Gasteiger partial charge in [0.1, 0.15) is 5.69 Å². The summed E-state index contributed by atoms with van der Waals surface area (Å²) in [4.78, 5) is 15.8. The maximum atomic E-state index is 11.8. The van der Waals surface area contributed by atoms with Crippen molar-refractivity contribution in [3.8, 4) is 0 Å². The molecule has 0 fully saturated rings. The Kier molecular flexibility index (Phi) is 3.39. The van der Waals surface area contributed by atoms with Gasteiger partial charge in [-0.2, -0.15) is 0 Å². The van der Waals surface area contributed by atoms with Crippen LogP contribution in [0.4, 0.5) is 5.13 Å². The second kappa shape index (κ2) is 4.97. The Morgan fingerprint density at radius 3 is 2.71 bits per heavy atom. The zero-order valence-electron chi connectivity index (χ0n) is 9.38. The highest BCUT2D eigenvalue weighted by Gasteiger charge is 2.13. The Balaban J connectivity index is 2.04. The van der Waals surface area contributed by atoms with Crippen LogP contribution in [0.2, 0.25) is 0 Å². The molecule has 2 aromatic rings. The fourth-order valence-corrected chi connectivity index (χ4v) is 2.03. The van der Waals surface area contributed by atoms with Gasteiger partial charge in [-0.3, -0.25) is 4.79 Å². The molecule has 0 aliphatic rings. The van der Waals surface area contributed by atoms with Gasteiger partial charge in [0.25, 0.3) is 5.91 Å². The molecule has 0 bridgehead atoms. The molecule has 1 aromatic heterocycles. The molecule has 4 nitrogen and oxygen atoms in total. The van der Waals surface area contributed by atoms with Crippen LogP contribution in [0.25, 0.3) is 0 Å². The molecular weight excluding hydrogens is 234 g/mol. The van der Waals surface area contributed by atoms with Gasteiger partial charge in [-0.15, -0.1) is 11.3 Å². The van der Waals surface area contributed by atoms with Crippen LogP contribution in [0.1, 0.15) is 29.0 Å². The van der Waals surface area contributed by atoms with E-state index < -0.39 is 0 Å². The lowest BCUT2D eigenvalue weighted by molar-refractivity contribution is 0.0935. The average molecular weight is 247 g/mol. The summed E-state index contributed by atoms with van der Waals surface area (Å²) in [6.07, 6.45) is 0. The summed E-state index contributed by atoms with van der Waals surface area (Å²) in [5.41, 5.74) is 6.92. The maximum Gasteiger partial charge on any atom is 0.271 e. The third-order valence-corrected chi connectivity index (χ3v) is 3.08. The highest BCUT2D eigenvalue weighted by atomic mass is 32.1. The number of anilines is 1. The van der Waals surface area contributed by atoms with Gasteiger partial charge in [-0.05, 0) is 12.5 Å². The van der Waals surface area contributed by atoms with Crippen molar-refractivity contribution < 1.29 is 4.79 Å². The fraction of sp³-hybridized carbons (Fsp3) is 0.167. The second-order valence-electron chi connectivity index (χ2n) is 3.68. The average Bonchev–Trinajstić information content (AvgIpc) is 2.77. The number of nitrogens with two attached hydrogens (primary N) is 1. The largest absolute Gasteiger partial charge is 0.375 e. The molecule has 1 aromatic carbocycles. The first-order valence-corrected chi connectivity index (χ1v) is 6.11. The number of amides is 1. The van der Waals surface area contributed by atoms with Crippen LogP contribution < -0.4 is 11.1 Å². The van der Waals surface area contributed by atoms with Crippen LogP contribution in [-0.4, -0.2) is 10.9 Å². The van der Waals surface area contributed by atoms with Crippen molar-refractivity contribution in [2.45, 2.75) is 13.0 Å². The number of hydrogen-bond donors (Lipinski definition) is 2. The number of carbonyl (C=O) groups is 1. The Morgan fingerprint density at radius 2 is 2.12 bits per heavy atom. The van der Waals surface area contributed by atoms with Gasteiger partial charge < -0.3 is 11.1 Å². The molecular formula is C12H13N3OS. The van der Waals surface area contributed by atoms with Gasteiger partial charge in [-0.1, -0.05) is 30.3 Å². The number of aromatic nitrogens is 1. The van der Waals surface area contributed by atoms with Crippen LogP contribution in [0.3, 0.4) is 0 Å². The van der Waals surface area contributed by atoms with Crippen molar-refractivity contribution in [1.82, 2.24) is 10.3 Å². The number of carbonyl (C=O) groups excluding carboxylic acids is 1.